The molecule has 7 heteroatoms. The summed E-state index contributed by atoms with van der Waals surface area (Å²) in [7, 11) is 0. The summed E-state index contributed by atoms with van der Waals surface area (Å²) in [6, 6.07) is 8.88. The van der Waals surface area contributed by atoms with Gasteiger partial charge < -0.3 is 10.1 Å². The zero-order valence-corrected chi connectivity index (χ0v) is 15.9. The van der Waals surface area contributed by atoms with Crippen molar-refractivity contribution < 1.29 is 4.74 Å². The number of rotatable bonds is 4. The van der Waals surface area contributed by atoms with Crippen LogP contribution >= 0.6 is 0 Å². The first-order valence-corrected chi connectivity index (χ1v) is 9.76. The topological polar surface area (TPSA) is 88.7 Å². The molecule has 1 aliphatic heterocycles. The molecule has 1 aliphatic carbocycles. The van der Waals surface area contributed by atoms with Gasteiger partial charge in [0.1, 0.15) is 0 Å². The lowest BCUT2D eigenvalue weighted by Gasteiger charge is -2.23. The predicted octanol–water partition coefficient (Wildman–Crippen LogP) is 3.79. The standard InChI is InChI=1S/C21H22N6O/c1-14-19(12-24-27(14)17-4-8-28-9-5-17)26-20-23-11-15-2-3-16(10-18(15)25-20)21(13-22)6-7-21/h2-3,10-12,17H,4-9H2,1H3,(H,23,25,26). The lowest BCUT2D eigenvalue weighted by Crippen LogP contribution is -2.21. The summed E-state index contributed by atoms with van der Waals surface area (Å²) in [5.74, 6) is 0.543. The molecular weight excluding hydrogens is 352 g/mol. The minimum Gasteiger partial charge on any atom is -0.381 e. The van der Waals surface area contributed by atoms with Crippen molar-refractivity contribution in [3.05, 3.63) is 41.9 Å². The molecule has 5 rings (SSSR count). The molecule has 142 valence electrons. The first-order chi connectivity index (χ1) is 13.7. The maximum atomic E-state index is 9.46. The Morgan fingerprint density at radius 2 is 2.07 bits per heavy atom. The maximum absolute atomic E-state index is 9.46. The maximum Gasteiger partial charge on any atom is 0.227 e. The van der Waals surface area contributed by atoms with Crippen LogP contribution in [0, 0.1) is 18.3 Å². The highest BCUT2D eigenvalue weighted by Gasteiger charge is 2.44. The number of nitrogens with zero attached hydrogens (tertiary/aromatic N) is 5. The zero-order chi connectivity index (χ0) is 19.1. The number of hydrogen-bond donors (Lipinski definition) is 1. The molecule has 0 unspecified atom stereocenters. The van der Waals surface area contributed by atoms with E-state index in [4.69, 9.17) is 4.74 Å². The van der Waals surface area contributed by atoms with E-state index in [0.29, 0.717) is 12.0 Å². The van der Waals surface area contributed by atoms with Crippen molar-refractivity contribution in [3.8, 4) is 6.07 Å². The molecule has 1 aromatic carbocycles. The van der Waals surface area contributed by atoms with Crippen LogP contribution in [0.3, 0.4) is 0 Å². The van der Waals surface area contributed by atoms with Gasteiger partial charge in [-0.3, -0.25) is 4.68 Å². The van der Waals surface area contributed by atoms with Crippen LogP contribution in [0.5, 0.6) is 0 Å². The third-order valence-corrected chi connectivity index (χ3v) is 5.93. The van der Waals surface area contributed by atoms with Crippen LogP contribution in [0.25, 0.3) is 10.9 Å². The number of ether oxygens (including phenoxy) is 1. The Kier molecular flexibility index (Phi) is 4.02. The minimum absolute atomic E-state index is 0.311. The van der Waals surface area contributed by atoms with Gasteiger partial charge in [-0.15, -0.1) is 0 Å². The lowest BCUT2D eigenvalue weighted by molar-refractivity contribution is 0.0657. The summed E-state index contributed by atoms with van der Waals surface area (Å²) in [6.07, 6.45) is 7.48. The molecule has 1 saturated carbocycles. The molecule has 2 fully saturated rings. The number of fused-ring (bicyclic) bond motifs is 1. The molecule has 3 heterocycles. The zero-order valence-electron chi connectivity index (χ0n) is 15.9. The van der Waals surface area contributed by atoms with Crippen LogP contribution < -0.4 is 5.32 Å². The molecule has 1 N–H and O–H groups in total. The lowest BCUT2D eigenvalue weighted by atomic mass is 9.97. The molecule has 0 amide bonds. The second kappa shape index (κ2) is 6.57. The highest BCUT2D eigenvalue weighted by molar-refractivity contribution is 5.80. The van der Waals surface area contributed by atoms with Crippen LogP contribution in [0.2, 0.25) is 0 Å². The summed E-state index contributed by atoms with van der Waals surface area (Å²) >= 11 is 0. The summed E-state index contributed by atoms with van der Waals surface area (Å²) in [4.78, 5) is 9.13. The third kappa shape index (κ3) is 2.90. The van der Waals surface area contributed by atoms with E-state index >= 15 is 0 Å². The number of hydrogen-bond acceptors (Lipinski definition) is 6. The highest BCUT2D eigenvalue weighted by atomic mass is 16.5. The Hall–Kier alpha value is -2.98. The van der Waals surface area contributed by atoms with Crippen LogP contribution in [-0.4, -0.2) is 33.0 Å². The molecule has 0 bridgehead atoms. The molecular formula is C21H22N6O. The first kappa shape index (κ1) is 17.1. The van der Waals surface area contributed by atoms with Gasteiger partial charge in [0, 0.05) is 24.8 Å². The van der Waals surface area contributed by atoms with Gasteiger partial charge in [-0.25, -0.2) is 9.97 Å². The van der Waals surface area contributed by atoms with Crippen molar-refractivity contribution in [1.29, 1.82) is 5.26 Å². The monoisotopic (exact) mass is 374 g/mol. The Morgan fingerprint density at radius 1 is 1.25 bits per heavy atom. The van der Waals surface area contributed by atoms with Crippen LogP contribution in [0.4, 0.5) is 11.6 Å². The fourth-order valence-corrected chi connectivity index (χ4v) is 3.94. The summed E-state index contributed by atoms with van der Waals surface area (Å²) in [5, 5.41) is 18.3. The fraction of sp³-hybridized carbons (Fsp3) is 0.429. The predicted molar refractivity (Wildman–Crippen MR) is 105 cm³/mol. The Bertz CT molecular complexity index is 1070. The molecule has 2 aromatic heterocycles. The van der Waals surface area contributed by atoms with Gasteiger partial charge >= 0.3 is 0 Å². The second-order valence-corrected chi connectivity index (χ2v) is 7.72. The van der Waals surface area contributed by atoms with E-state index in [-0.39, 0.29) is 5.41 Å². The Labute approximate surface area is 163 Å². The summed E-state index contributed by atoms with van der Waals surface area (Å²) in [5.41, 5.74) is 3.58. The van der Waals surface area contributed by atoms with E-state index in [0.717, 1.165) is 66.7 Å². The van der Waals surface area contributed by atoms with Gasteiger partial charge in [0.2, 0.25) is 5.95 Å². The highest BCUT2D eigenvalue weighted by Crippen LogP contribution is 2.47. The van der Waals surface area contributed by atoms with Crippen molar-refractivity contribution in [1.82, 2.24) is 19.7 Å². The summed E-state index contributed by atoms with van der Waals surface area (Å²) < 4.78 is 7.53. The van der Waals surface area contributed by atoms with Crippen LogP contribution in [-0.2, 0) is 10.2 Å². The van der Waals surface area contributed by atoms with Gasteiger partial charge in [0.05, 0.1) is 40.6 Å². The second-order valence-electron chi connectivity index (χ2n) is 7.72. The normalized spacial score (nSPS) is 18.7. The molecule has 28 heavy (non-hydrogen) atoms. The fourth-order valence-electron chi connectivity index (χ4n) is 3.94. The number of nitriles is 1. The quantitative estimate of drug-likeness (QED) is 0.747. The van der Waals surface area contributed by atoms with Crippen molar-refractivity contribution >= 4 is 22.5 Å². The van der Waals surface area contributed by atoms with Gasteiger partial charge in [-0.2, -0.15) is 10.4 Å². The number of aromatic nitrogens is 4. The molecule has 1 saturated heterocycles. The van der Waals surface area contributed by atoms with Gasteiger partial charge in [0.15, 0.2) is 0 Å². The molecule has 0 atom stereocenters. The van der Waals surface area contributed by atoms with Gasteiger partial charge in [0.25, 0.3) is 0 Å². The van der Waals surface area contributed by atoms with Crippen molar-refractivity contribution in [2.45, 2.75) is 44.1 Å². The van der Waals surface area contributed by atoms with Gasteiger partial charge in [-0.1, -0.05) is 12.1 Å². The number of benzene rings is 1. The average molecular weight is 374 g/mol. The number of anilines is 2. The molecule has 0 radical (unpaired) electrons. The van der Waals surface area contributed by atoms with E-state index in [2.05, 4.69) is 38.1 Å². The van der Waals surface area contributed by atoms with Crippen LogP contribution in [0.1, 0.15) is 43.0 Å². The minimum atomic E-state index is -0.311. The molecule has 0 spiro atoms. The van der Waals surface area contributed by atoms with E-state index in [1.54, 1.807) is 0 Å². The largest absolute Gasteiger partial charge is 0.381 e. The average Bonchev–Trinajstić information content (AvgIpc) is 3.47. The first-order valence-electron chi connectivity index (χ1n) is 9.76. The van der Waals surface area contributed by atoms with Gasteiger partial charge in [-0.05, 0) is 44.2 Å². The summed E-state index contributed by atoms with van der Waals surface area (Å²) in [6.45, 7) is 3.63. The third-order valence-electron chi connectivity index (χ3n) is 5.93. The smallest absolute Gasteiger partial charge is 0.227 e. The van der Waals surface area contributed by atoms with E-state index < -0.39 is 0 Å². The van der Waals surface area contributed by atoms with Crippen molar-refractivity contribution in [2.75, 3.05) is 18.5 Å². The van der Waals surface area contributed by atoms with Crippen molar-refractivity contribution in [2.24, 2.45) is 0 Å². The Balaban J connectivity index is 1.42. The van der Waals surface area contributed by atoms with Crippen molar-refractivity contribution in [3.63, 3.8) is 0 Å². The van der Waals surface area contributed by atoms with E-state index in [1.807, 2.05) is 30.6 Å². The van der Waals surface area contributed by atoms with E-state index in [9.17, 15) is 5.26 Å². The SMILES string of the molecule is Cc1c(Nc2ncc3ccc(C4(C#N)CC4)cc3n2)cnn1C1CCOCC1. The van der Waals surface area contributed by atoms with Crippen LogP contribution in [0.15, 0.2) is 30.6 Å². The Morgan fingerprint density at radius 3 is 2.82 bits per heavy atom. The molecule has 7 nitrogen and oxygen atoms in total. The van der Waals surface area contributed by atoms with E-state index in [1.165, 1.54) is 0 Å². The molecule has 3 aromatic rings. The molecule has 2 aliphatic rings. The number of nitrogens with one attached hydrogen (secondary N) is 1.